The van der Waals surface area contributed by atoms with Gasteiger partial charge in [-0.1, -0.05) is 67.9 Å². The van der Waals surface area contributed by atoms with Gasteiger partial charge in [-0.3, -0.25) is 24.1 Å². The van der Waals surface area contributed by atoms with Crippen LogP contribution in [-0.2, 0) is 63.7 Å². The molecule has 0 saturated carbocycles. The number of likely N-dealkylation sites (tertiary alicyclic amines) is 1. The van der Waals surface area contributed by atoms with Crippen molar-refractivity contribution in [3.63, 3.8) is 0 Å². The van der Waals surface area contributed by atoms with E-state index < -0.39 is 59.7 Å². The Labute approximate surface area is 398 Å². The number of esters is 1. The normalized spacial score (nSPS) is 18.0. The summed E-state index contributed by atoms with van der Waals surface area (Å²) in [5, 5.41) is 7.90. The van der Waals surface area contributed by atoms with E-state index in [1.54, 1.807) is 30.9 Å². The van der Waals surface area contributed by atoms with Gasteiger partial charge < -0.3 is 53.7 Å². The number of methoxy groups -OCH3 is 3. The molecule has 0 unspecified atom stereocenters. The van der Waals surface area contributed by atoms with Crippen LogP contribution in [0.15, 0.2) is 17.5 Å². The maximum atomic E-state index is 14.8. The van der Waals surface area contributed by atoms with Crippen LogP contribution in [0.25, 0.3) is 0 Å². The van der Waals surface area contributed by atoms with E-state index in [1.165, 1.54) is 25.6 Å². The van der Waals surface area contributed by atoms with E-state index in [0.717, 1.165) is 4.88 Å². The molecule has 0 bridgehead atoms. The highest BCUT2D eigenvalue weighted by Gasteiger charge is 2.45. The van der Waals surface area contributed by atoms with Gasteiger partial charge in [-0.05, 0) is 48.6 Å². The molecule has 9 atom stereocenters. The zero-order valence-corrected chi connectivity index (χ0v) is 42.9. The summed E-state index contributed by atoms with van der Waals surface area (Å²) in [7, 11) is 7.95. The molecule has 4 amide bonds. The predicted molar refractivity (Wildman–Crippen MR) is 253 cm³/mol. The maximum absolute atomic E-state index is 14.8. The minimum absolute atomic E-state index is 0.0255. The Balaban J connectivity index is 2.19. The molecule has 1 saturated heterocycles. The Kier molecular flexibility index (Phi) is 27.0. The summed E-state index contributed by atoms with van der Waals surface area (Å²) in [6.07, 6.45) is 0.937. The fourth-order valence-corrected chi connectivity index (χ4v) is 9.42. The first kappa shape index (κ1) is 58.9. The van der Waals surface area contributed by atoms with E-state index in [2.05, 4.69) is 15.5 Å². The summed E-state index contributed by atoms with van der Waals surface area (Å²) < 4.78 is 33.7. The van der Waals surface area contributed by atoms with Crippen molar-refractivity contribution in [1.82, 2.24) is 25.3 Å². The lowest BCUT2D eigenvalue weighted by atomic mass is 9.83. The van der Waals surface area contributed by atoms with E-state index in [4.69, 9.17) is 34.3 Å². The second-order valence-electron chi connectivity index (χ2n) is 18.6. The number of nitrogens with two attached hydrogens (primary N) is 1. The van der Waals surface area contributed by atoms with Crippen LogP contribution in [0.3, 0.4) is 0 Å². The molecular weight excluding hydrogens is 873 g/mol. The van der Waals surface area contributed by atoms with E-state index in [1.807, 2.05) is 77.9 Å². The molecule has 1 aliphatic heterocycles. The van der Waals surface area contributed by atoms with Crippen LogP contribution < -0.4 is 16.5 Å². The van der Waals surface area contributed by atoms with Crippen molar-refractivity contribution >= 4 is 40.9 Å². The minimum atomic E-state index is -0.897. The lowest BCUT2D eigenvalue weighted by Crippen LogP contribution is -2.62. The molecule has 66 heavy (non-hydrogen) atoms. The Hall–Kier alpha value is -3.27. The number of rotatable bonds is 32. The van der Waals surface area contributed by atoms with Crippen molar-refractivity contribution in [3.8, 4) is 0 Å². The van der Waals surface area contributed by atoms with E-state index in [-0.39, 0.29) is 41.9 Å². The smallest absolute Gasteiger partial charge is 0.328 e. The molecule has 19 heteroatoms. The highest BCUT2D eigenvalue weighted by molar-refractivity contribution is 7.09. The first-order valence-electron chi connectivity index (χ1n) is 23.4. The van der Waals surface area contributed by atoms with Crippen LogP contribution in [0.5, 0.6) is 0 Å². The summed E-state index contributed by atoms with van der Waals surface area (Å²) in [6.45, 7) is 19.2. The quantitative estimate of drug-likeness (QED) is 0.0538. The molecule has 0 spiro atoms. The van der Waals surface area contributed by atoms with Crippen LogP contribution in [0.1, 0.15) is 86.0 Å². The zero-order chi connectivity index (χ0) is 49.6. The summed E-state index contributed by atoms with van der Waals surface area (Å²) in [5.41, 5.74) is -0.673. The SMILES string of the molecule is CC[C@H](C)[C@@H]([C@@H](CC(=O)N1CCC[C@H]1[C@H](OC)[C@@H](C)C(=O)N[C@@H](Cc1cccs1)C(=O)OC)OC)N(C)C(=O)[C@@H](NC(=O)[C@H](C(C)C)N(C)CCOCCOCCOCCON)C(C)(C)C. The summed E-state index contributed by atoms with van der Waals surface area (Å²) in [4.78, 5) is 80.5. The van der Waals surface area contributed by atoms with Gasteiger partial charge in [-0.25, -0.2) is 10.7 Å². The maximum Gasteiger partial charge on any atom is 0.328 e. The fraction of sp³-hybridized carbons (Fsp3) is 0.809. The summed E-state index contributed by atoms with van der Waals surface area (Å²) in [6, 6.07) is 0.520. The van der Waals surface area contributed by atoms with Gasteiger partial charge in [0, 0.05) is 45.7 Å². The van der Waals surface area contributed by atoms with Gasteiger partial charge >= 0.3 is 5.97 Å². The number of carbonyl (C=O) groups excluding carboxylic acids is 5. The molecule has 1 aliphatic rings. The average Bonchev–Trinajstić information content (AvgIpc) is 3.99. The molecule has 2 rings (SSSR count). The van der Waals surface area contributed by atoms with Gasteiger partial charge in [0.05, 0.1) is 96.0 Å². The number of ether oxygens (including phenoxy) is 6. The third-order valence-electron chi connectivity index (χ3n) is 12.5. The third-order valence-corrected chi connectivity index (χ3v) is 13.4. The van der Waals surface area contributed by atoms with Gasteiger partial charge in [0.2, 0.25) is 23.6 Å². The largest absolute Gasteiger partial charge is 0.467 e. The van der Waals surface area contributed by atoms with Crippen LogP contribution in [-0.4, -0.2) is 181 Å². The minimum Gasteiger partial charge on any atom is -0.467 e. The lowest BCUT2D eigenvalue weighted by Gasteiger charge is -2.42. The summed E-state index contributed by atoms with van der Waals surface area (Å²) in [5.74, 6) is 2.44. The lowest BCUT2D eigenvalue weighted by molar-refractivity contribution is -0.149. The molecule has 2 heterocycles. The van der Waals surface area contributed by atoms with Crippen molar-refractivity contribution in [2.75, 3.05) is 94.8 Å². The Morgan fingerprint density at radius 3 is 2.03 bits per heavy atom. The molecule has 1 aromatic rings. The van der Waals surface area contributed by atoms with E-state index in [0.29, 0.717) is 85.0 Å². The number of thiophene rings is 1. The first-order valence-corrected chi connectivity index (χ1v) is 24.2. The second kappa shape index (κ2) is 30.3. The number of nitrogens with one attached hydrogen (secondary N) is 2. The topological polar surface area (TPSA) is 210 Å². The number of hydrogen-bond acceptors (Lipinski definition) is 15. The van der Waals surface area contributed by atoms with Crippen molar-refractivity contribution in [2.45, 2.75) is 130 Å². The molecule has 1 aromatic heterocycles. The van der Waals surface area contributed by atoms with Gasteiger partial charge in [0.25, 0.3) is 0 Å². The zero-order valence-electron chi connectivity index (χ0n) is 42.1. The van der Waals surface area contributed by atoms with Crippen molar-refractivity contribution in [3.05, 3.63) is 22.4 Å². The number of amides is 4. The fourth-order valence-electron chi connectivity index (χ4n) is 8.66. The molecule has 0 radical (unpaired) electrons. The second-order valence-corrected chi connectivity index (χ2v) is 19.7. The number of carbonyl (C=O) groups is 5. The molecule has 0 aliphatic carbocycles. The number of likely N-dealkylation sites (N-methyl/N-ethyl adjacent to an activating group) is 2. The molecular formula is C47H84N6O12S. The number of nitrogens with zero attached hydrogens (tertiary/aromatic N) is 3. The van der Waals surface area contributed by atoms with E-state index in [9.17, 15) is 24.0 Å². The average molecular weight is 957 g/mol. The molecule has 380 valence electrons. The molecule has 4 N–H and O–H groups in total. The monoisotopic (exact) mass is 957 g/mol. The predicted octanol–water partition coefficient (Wildman–Crippen LogP) is 3.30. The highest BCUT2D eigenvalue weighted by Crippen LogP contribution is 2.31. The Bertz CT molecular complexity index is 1580. The Morgan fingerprint density at radius 1 is 0.894 bits per heavy atom. The highest BCUT2D eigenvalue weighted by atomic mass is 32.1. The van der Waals surface area contributed by atoms with Crippen molar-refractivity contribution in [1.29, 1.82) is 0 Å². The number of hydrogen-bond donors (Lipinski definition) is 3. The van der Waals surface area contributed by atoms with Gasteiger partial charge in [-0.2, -0.15) is 0 Å². The summed E-state index contributed by atoms with van der Waals surface area (Å²) >= 11 is 1.49. The van der Waals surface area contributed by atoms with Crippen LogP contribution in [0.4, 0.5) is 0 Å². The van der Waals surface area contributed by atoms with Crippen molar-refractivity contribution in [2.24, 2.45) is 29.1 Å². The molecule has 1 fully saturated rings. The molecule has 0 aromatic carbocycles. The van der Waals surface area contributed by atoms with Gasteiger partial charge in [0.1, 0.15) is 12.1 Å². The first-order chi connectivity index (χ1) is 31.3. The standard InChI is InChI=1S/C47H84N6O12S/c1-14-32(4)40(52(10)45(57)42(47(6,7)8)50-44(56)39(31(2)3)51(9)20-21-62-22-23-63-24-25-64-26-27-65-48)37(59-11)30-38(54)53-19-15-18-36(53)41(60-12)33(5)43(55)49-35(46(58)61-13)29-34-17-16-28-66-34/h16-17,28,31-33,35-37,39-42H,14-15,18-27,29-30,48H2,1-13H3,(H,49,55)(H,50,56)/t32-,33+,35-,36-,37+,39-,40-,41+,42+/m0/s1. The van der Waals surface area contributed by atoms with Crippen molar-refractivity contribution < 1.29 is 57.2 Å². The van der Waals surface area contributed by atoms with Crippen LogP contribution in [0, 0.1) is 23.2 Å². The Morgan fingerprint density at radius 2 is 1.52 bits per heavy atom. The van der Waals surface area contributed by atoms with E-state index >= 15 is 0 Å². The van der Waals surface area contributed by atoms with Crippen LogP contribution in [0.2, 0.25) is 0 Å². The van der Waals surface area contributed by atoms with Gasteiger partial charge in [0.15, 0.2) is 0 Å². The van der Waals surface area contributed by atoms with Crippen LogP contribution >= 0.6 is 11.3 Å². The third kappa shape index (κ3) is 18.3. The molecule has 18 nitrogen and oxygen atoms in total. The van der Waals surface area contributed by atoms with Gasteiger partial charge in [-0.15, -0.1) is 11.3 Å².